The Morgan fingerprint density at radius 2 is 2.04 bits per heavy atom. The number of fused-ring (bicyclic) bond motifs is 1. The van der Waals surface area contributed by atoms with Crippen molar-refractivity contribution in [2.24, 2.45) is 0 Å². The van der Waals surface area contributed by atoms with Crippen molar-refractivity contribution in [2.45, 2.75) is 19.4 Å². The number of hydrogen-bond donors (Lipinski definition) is 2. The first-order valence-electron chi connectivity index (χ1n) is 8.87. The molecule has 0 aliphatic heterocycles. The Kier molecular flexibility index (Phi) is 4.92. The number of hydrogen-bond acceptors (Lipinski definition) is 5. The highest BCUT2D eigenvalue weighted by Crippen LogP contribution is 2.11. The fourth-order valence-corrected chi connectivity index (χ4v) is 2.94. The minimum absolute atomic E-state index is 0.158. The van der Waals surface area contributed by atoms with Crippen LogP contribution < -0.4 is 10.9 Å². The summed E-state index contributed by atoms with van der Waals surface area (Å²) in [5.74, 6) is 0.558. The van der Waals surface area contributed by atoms with E-state index in [2.05, 4.69) is 25.3 Å². The van der Waals surface area contributed by atoms with Gasteiger partial charge < -0.3 is 10.3 Å². The molecule has 0 bridgehead atoms. The summed E-state index contributed by atoms with van der Waals surface area (Å²) >= 11 is 0. The number of imidazole rings is 1. The molecular weight excluding hydrogens is 356 g/mol. The number of nitrogens with one attached hydrogen (secondary N) is 2. The molecule has 0 spiro atoms. The van der Waals surface area contributed by atoms with Crippen molar-refractivity contribution in [1.29, 1.82) is 0 Å². The van der Waals surface area contributed by atoms with Crippen molar-refractivity contribution in [1.82, 2.24) is 29.8 Å². The molecule has 0 saturated heterocycles. The van der Waals surface area contributed by atoms with Crippen LogP contribution in [0.2, 0.25) is 0 Å². The SMILES string of the molecule is O=C(CCc1nc2ccccc2[nH]c1=O)NCc1cccnc1-n1ccnc1. The van der Waals surface area contributed by atoms with E-state index in [-0.39, 0.29) is 24.3 Å². The predicted octanol–water partition coefficient (Wildman–Crippen LogP) is 1.75. The van der Waals surface area contributed by atoms with Crippen LogP contribution in [0.4, 0.5) is 0 Å². The maximum Gasteiger partial charge on any atom is 0.270 e. The van der Waals surface area contributed by atoms with Gasteiger partial charge in [0.15, 0.2) is 0 Å². The number of carbonyl (C=O) groups is 1. The molecule has 3 heterocycles. The highest BCUT2D eigenvalue weighted by atomic mass is 16.1. The van der Waals surface area contributed by atoms with Crippen LogP contribution in [0.25, 0.3) is 16.9 Å². The summed E-state index contributed by atoms with van der Waals surface area (Å²) < 4.78 is 1.79. The summed E-state index contributed by atoms with van der Waals surface area (Å²) in [5.41, 5.74) is 2.35. The summed E-state index contributed by atoms with van der Waals surface area (Å²) in [7, 11) is 0. The molecule has 4 aromatic rings. The average Bonchev–Trinajstić information content (AvgIpc) is 3.25. The summed E-state index contributed by atoms with van der Waals surface area (Å²) in [4.78, 5) is 39.9. The van der Waals surface area contributed by atoms with E-state index in [1.165, 1.54) is 0 Å². The zero-order chi connectivity index (χ0) is 19.3. The minimum atomic E-state index is -0.263. The maximum atomic E-state index is 12.3. The normalized spacial score (nSPS) is 10.9. The lowest BCUT2D eigenvalue weighted by atomic mass is 10.2. The van der Waals surface area contributed by atoms with E-state index in [9.17, 15) is 9.59 Å². The first kappa shape index (κ1) is 17.6. The Labute approximate surface area is 160 Å². The van der Waals surface area contributed by atoms with Crippen LogP contribution in [0, 0.1) is 0 Å². The van der Waals surface area contributed by atoms with Crippen LogP contribution in [-0.4, -0.2) is 30.4 Å². The first-order valence-corrected chi connectivity index (χ1v) is 8.87. The number of pyridine rings is 1. The maximum absolute atomic E-state index is 12.3. The average molecular weight is 374 g/mol. The molecule has 0 aliphatic carbocycles. The van der Waals surface area contributed by atoms with E-state index in [0.717, 1.165) is 5.56 Å². The molecule has 140 valence electrons. The Hall–Kier alpha value is -3.81. The summed E-state index contributed by atoms with van der Waals surface area (Å²) in [5, 5.41) is 2.88. The fourth-order valence-electron chi connectivity index (χ4n) is 2.94. The molecule has 2 N–H and O–H groups in total. The fraction of sp³-hybridized carbons (Fsp3) is 0.150. The van der Waals surface area contributed by atoms with Gasteiger partial charge in [-0.25, -0.2) is 15.0 Å². The Morgan fingerprint density at radius 1 is 1.14 bits per heavy atom. The minimum Gasteiger partial charge on any atom is -0.352 e. The molecule has 0 saturated carbocycles. The molecule has 3 aromatic heterocycles. The number of nitrogens with zero attached hydrogens (tertiary/aromatic N) is 4. The number of aromatic nitrogens is 5. The van der Waals surface area contributed by atoms with E-state index >= 15 is 0 Å². The number of aryl methyl sites for hydroxylation is 1. The Morgan fingerprint density at radius 3 is 2.89 bits per heavy atom. The lowest BCUT2D eigenvalue weighted by Crippen LogP contribution is -2.25. The van der Waals surface area contributed by atoms with Gasteiger partial charge in [0.1, 0.15) is 17.8 Å². The van der Waals surface area contributed by atoms with E-state index < -0.39 is 0 Å². The number of carbonyl (C=O) groups excluding carboxylic acids is 1. The molecular formula is C20H18N6O2. The van der Waals surface area contributed by atoms with E-state index in [4.69, 9.17) is 0 Å². The van der Waals surface area contributed by atoms with Crippen molar-refractivity contribution in [2.75, 3.05) is 0 Å². The number of para-hydroxylation sites is 2. The monoisotopic (exact) mass is 374 g/mol. The third kappa shape index (κ3) is 3.80. The second-order valence-electron chi connectivity index (χ2n) is 6.26. The molecule has 4 rings (SSSR count). The van der Waals surface area contributed by atoms with Gasteiger partial charge in [0.05, 0.1) is 11.0 Å². The van der Waals surface area contributed by atoms with Gasteiger partial charge in [0.25, 0.3) is 5.56 Å². The van der Waals surface area contributed by atoms with Crippen molar-refractivity contribution in [3.05, 3.63) is 82.9 Å². The molecule has 0 atom stereocenters. The highest BCUT2D eigenvalue weighted by molar-refractivity contribution is 5.76. The van der Waals surface area contributed by atoms with Crippen molar-refractivity contribution in [3.63, 3.8) is 0 Å². The molecule has 0 fully saturated rings. The van der Waals surface area contributed by atoms with Crippen molar-refractivity contribution < 1.29 is 4.79 Å². The van der Waals surface area contributed by atoms with Crippen LogP contribution in [0.3, 0.4) is 0 Å². The van der Waals surface area contributed by atoms with Crippen molar-refractivity contribution in [3.8, 4) is 5.82 Å². The van der Waals surface area contributed by atoms with Gasteiger partial charge in [-0.15, -0.1) is 0 Å². The number of H-pyrrole nitrogens is 1. The topological polar surface area (TPSA) is 106 Å². The molecule has 0 aliphatic rings. The van der Waals surface area contributed by atoms with Gasteiger partial charge in [-0.2, -0.15) is 0 Å². The van der Waals surface area contributed by atoms with Crippen molar-refractivity contribution >= 4 is 16.9 Å². The molecule has 8 heteroatoms. The van der Waals surface area contributed by atoms with Crippen LogP contribution in [0.15, 0.2) is 66.1 Å². The second-order valence-corrected chi connectivity index (χ2v) is 6.26. The molecule has 0 unspecified atom stereocenters. The zero-order valence-electron chi connectivity index (χ0n) is 15.0. The standard InChI is InChI=1S/C20H18N6O2/c27-18(8-7-17-20(28)25-16-6-2-1-5-15(16)24-17)23-12-14-4-3-9-22-19(14)26-11-10-21-13-26/h1-6,9-11,13H,7-8,12H2,(H,23,27)(H,25,28). The summed E-state index contributed by atoms with van der Waals surface area (Å²) in [6.45, 7) is 0.335. The smallest absolute Gasteiger partial charge is 0.270 e. The highest BCUT2D eigenvalue weighted by Gasteiger charge is 2.10. The molecule has 8 nitrogen and oxygen atoms in total. The van der Waals surface area contributed by atoms with Gasteiger partial charge >= 0.3 is 0 Å². The summed E-state index contributed by atoms with van der Waals surface area (Å²) in [6.07, 6.45) is 7.27. The molecule has 1 aromatic carbocycles. The second kappa shape index (κ2) is 7.83. The molecule has 0 radical (unpaired) electrons. The third-order valence-electron chi connectivity index (χ3n) is 4.35. The van der Waals surface area contributed by atoms with Crippen LogP contribution in [-0.2, 0) is 17.8 Å². The van der Waals surface area contributed by atoms with E-state index in [1.54, 1.807) is 35.6 Å². The van der Waals surface area contributed by atoms with Gasteiger partial charge in [-0.1, -0.05) is 18.2 Å². The van der Waals surface area contributed by atoms with Crippen LogP contribution in [0.1, 0.15) is 17.7 Å². The number of rotatable bonds is 6. The van der Waals surface area contributed by atoms with E-state index in [0.29, 0.717) is 29.1 Å². The lowest BCUT2D eigenvalue weighted by molar-refractivity contribution is -0.121. The predicted molar refractivity (Wildman–Crippen MR) is 104 cm³/mol. The summed E-state index contributed by atoms with van der Waals surface area (Å²) in [6, 6.07) is 11.0. The number of benzene rings is 1. The molecule has 28 heavy (non-hydrogen) atoms. The van der Waals surface area contributed by atoms with E-state index in [1.807, 2.05) is 30.3 Å². The van der Waals surface area contributed by atoms with Gasteiger partial charge in [-0.05, 0) is 18.2 Å². The van der Waals surface area contributed by atoms with Crippen LogP contribution in [0.5, 0.6) is 0 Å². The van der Waals surface area contributed by atoms with Gasteiger partial charge in [-0.3, -0.25) is 14.2 Å². The quantitative estimate of drug-likeness (QED) is 0.535. The Bertz CT molecular complexity index is 1170. The number of amides is 1. The lowest BCUT2D eigenvalue weighted by Gasteiger charge is -2.10. The van der Waals surface area contributed by atoms with Gasteiger partial charge in [0.2, 0.25) is 5.91 Å². The molecule has 1 amide bonds. The zero-order valence-corrected chi connectivity index (χ0v) is 15.0. The van der Waals surface area contributed by atoms with Crippen LogP contribution >= 0.6 is 0 Å². The Balaban J connectivity index is 1.40. The third-order valence-corrected chi connectivity index (χ3v) is 4.35. The number of aromatic amines is 1. The van der Waals surface area contributed by atoms with Gasteiger partial charge in [0, 0.05) is 43.5 Å². The largest absolute Gasteiger partial charge is 0.352 e. The first-order chi connectivity index (χ1) is 13.7.